The highest BCUT2D eigenvalue weighted by Crippen LogP contribution is 2.34. The van der Waals surface area contributed by atoms with E-state index in [2.05, 4.69) is 58.0 Å². The van der Waals surface area contributed by atoms with E-state index in [1.54, 1.807) is 7.11 Å². The van der Waals surface area contributed by atoms with Crippen LogP contribution in [0.5, 0.6) is 5.75 Å². The zero-order valence-electron chi connectivity index (χ0n) is 12.9. The largest absolute Gasteiger partial charge is 0.496 e. The molecule has 0 fully saturated rings. The fraction of sp³-hybridized carbons (Fsp3) is 0.333. The highest BCUT2D eigenvalue weighted by molar-refractivity contribution is 5.51. The summed E-state index contributed by atoms with van der Waals surface area (Å²) >= 11 is 0. The number of benzene rings is 2. The summed E-state index contributed by atoms with van der Waals surface area (Å²) in [4.78, 5) is 0. The first kappa shape index (κ1) is 14.6. The molecule has 2 aromatic carbocycles. The molecule has 1 unspecified atom stereocenters. The van der Waals surface area contributed by atoms with E-state index < -0.39 is 0 Å². The van der Waals surface area contributed by atoms with Gasteiger partial charge in [-0.3, -0.25) is 0 Å². The first-order valence-corrected chi connectivity index (χ1v) is 6.93. The molecule has 0 radical (unpaired) electrons. The van der Waals surface area contributed by atoms with E-state index in [9.17, 15) is 0 Å². The average molecular weight is 269 g/mol. The number of nitrogens with two attached hydrogens (primary N) is 1. The third kappa shape index (κ3) is 2.44. The van der Waals surface area contributed by atoms with Gasteiger partial charge in [0.1, 0.15) is 5.75 Å². The van der Waals surface area contributed by atoms with Crippen molar-refractivity contribution in [2.75, 3.05) is 7.11 Å². The number of methoxy groups -OCH3 is 1. The Morgan fingerprint density at radius 2 is 1.50 bits per heavy atom. The standard InChI is InChI=1S/C18H23NO/c1-11-7-6-8-15(13(11)3)17(19)16-10-9-12(2)14(4)18(16)20-5/h6-10,17H,19H2,1-5H3. The summed E-state index contributed by atoms with van der Waals surface area (Å²) < 4.78 is 5.59. The topological polar surface area (TPSA) is 35.2 Å². The van der Waals surface area contributed by atoms with Gasteiger partial charge in [0, 0.05) is 5.56 Å². The lowest BCUT2D eigenvalue weighted by Crippen LogP contribution is -2.15. The molecule has 0 aliphatic carbocycles. The van der Waals surface area contributed by atoms with Gasteiger partial charge in [-0.1, -0.05) is 30.3 Å². The Morgan fingerprint density at radius 3 is 2.15 bits per heavy atom. The third-order valence-electron chi connectivity index (χ3n) is 4.23. The second-order valence-electron chi connectivity index (χ2n) is 5.40. The van der Waals surface area contributed by atoms with Crippen molar-refractivity contribution in [1.82, 2.24) is 0 Å². The van der Waals surface area contributed by atoms with Crippen LogP contribution >= 0.6 is 0 Å². The van der Waals surface area contributed by atoms with Gasteiger partial charge >= 0.3 is 0 Å². The fourth-order valence-electron chi connectivity index (χ4n) is 2.61. The van der Waals surface area contributed by atoms with Crippen LogP contribution in [-0.2, 0) is 0 Å². The molecule has 0 aliphatic heterocycles. The SMILES string of the molecule is COc1c(C(N)c2cccc(C)c2C)ccc(C)c1C. The summed E-state index contributed by atoms with van der Waals surface area (Å²) in [5.74, 6) is 0.901. The van der Waals surface area contributed by atoms with Crippen LogP contribution in [0.15, 0.2) is 30.3 Å². The van der Waals surface area contributed by atoms with E-state index in [0.29, 0.717) is 0 Å². The maximum Gasteiger partial charge on any atom is 0.127 e. The van der Waals surface area contributed by atoms with Crippen molar-refractivity contribution in [2.24, 2.45) is 5.73 Å². The molecular formula is C18H23NO. The molecule has 0 amide bonds. The second kappa shape index (κ2) is 5.68. The molecule has 1 atom stereocenters. The minimum atomic E-state index is -0.163. The normalized spacial score (nSPS) is 12.3. The van der Waals surface area contributed by atoms with Crippen molar-refractivity contribution < 1.29 is 4.74 Å². The Labute approximate surface area is 121 Å². The van der Waals surface area contributed by atoms with E-state index in [1.165, 1.54) is 16.7 Å². The Hall–Kier alpha value is -1.80. The number of hydrogen-bond donors (Lipinski definition) is 1. The fourth-order valence-corrected chi connectivity index (χ4v) is 2.61. The van der Waals surface area contributed by atoms with E-state index in [1.807, 2.05) is 0 Å². The van der Waals surface area contributed by atoms with Gasteiger partial charge in [-0.15, -0.1) is 0 Å². The maximum atomic E-state index is 6.50. The molecule has 106 valence electrons. The van der Waals surface area contributed by atoms with Gasteiger partial charge in [0.25, 0.3) is 0 Å². The predicted octanol–water partition coefficient (Wildman–Crippen LogP) is 3.98. The first-order chi connectivity index (χ1) is 9.47. The van der Waals surface area contributed by atoms with Crippen LogP contribution in [-0.4, -0.2) is 7.11 Å². The minimum absolute atomic E-state index is 0.163. The van der Waals surface area contributed by atoms with Gasteiger partial charge < -0.3 is 10.5 Å². The summed E-state index contributed by atoms with van der Waals surface area (Å²) in [5, 5.41) is 0. The van der Waals surface area contributed by atoms with Crippen LogP contribution < -0.4 is 10.5 Å². The summed E-state index contributed by atoms with van der Waals surface area (Å²) in [6, 6.07) is 10.3. The Kier molecular flexibility index (Phi) is 4.15. The molecule has 2 aromatic rings. The molecule has 0 bridgehead atoms. The first-order valence-electron chi connectivity index (χ1n) is 6.93. The summed E-state index contributed by atoms with van der Waals surface area (Å²) in [5.41, 5.74) is 13.6. The molecule has 0 saturated carbocycles. The molecular weight excluding hydrogens is 246 g/mol. The molecule has 0 aliphatic rings. The molecule has 0 aromatic heterocycles. The van der Waals surface area contributed by atoms with Crippen molar-refractivity contribution in [2.45, 2.75) is 33.7 Å². The molecule has 0 spiro atoms. The van der Waals surface area contributed by atoms with Crippen LogP contribution in [0.2, 0.25) is 0 Å². The van der Waals surface area contributed by atoms with Gasteiger partial charge in [0.05, 0.1) is 13.2 Å². The van der Waals surface area contributed by atoms with Gasteiger partial charge in [-0.05, 0) is 55.5 Å². The molecule has 20 heavy (non-hydrogen) atoms. The molecule has 2 nitrogen and oxygen atoms in total. The van der Waals surface area contributed by atoms with Crippen molar-refractivity contribution in [3.05, 3.63) is 63.7 Å². The van der Waals surface area contributed by atoms with Gasteiger partial charge in [0.2, 0.25) is 0 Å². The number of rotatable bonds is 3. The molecule has 2 N–H and O–H groups in total. The Morgan fingerprint density at radius 1 is 0.850 bits per heavy atom. The summed E-state index contributed by atoms with van der Waals surface area (Å²) in [6.07, 6.45) is 0. The Balaban J connectivity index is 2.56. The number of aryl methyl sites for hydroxylation is 2. The summed E-state index contributed by atoms with van der Waals surface area (Å²) in [6.45, 7) is 8.40. The van der Waals surface area contributed by atoms with Crippen LogP contribution in [0.25, 0.3) is 0 Å². The van der Waals surface area contributed by atoms with Gasteiger partial charge in [-0.2, -0.15) is 0 Å². The van der Waals surface area contributed by atoms with Crippen LogP contribution in [0.4, 0.5) is 0 Å². The van der Waals surface area contributed by atoms with Crippen molar-refractivity contribution in [3.8, 4) is 5.75 Å². The predicted molar refractivity (Wildman–Crippen MR) is 84.4 cm³/mol. The number of ether oxygens (including phenoxy) is 1. The average Bonchev–Trinajstić information content (AvgIpc) is 2.44. The van der Waals surface area contributed by atoms with Crippen LogP contribution in [0.1, 0.15) is 39.4 Å². The monoisotopic (exact) mass is 269 g/mol. The van der Waals surface area contributed by atoms with Crippen molar-refractivity contribution in [1.29, 1.82) is 0 Å². The van der Waals surface area contributed by atoms with E-state index in [-0.39, 0.29) is 6.04 Å². The van der Waals surface area contributed by atoms with Gasteiger partial charge in [0.15, 0.2) is 0 Å². The smallest absolute Gasteiger partial charge is 0.127 e. The lowest BCUT2D eigenvalue weighted by Gasteiger charge is -2.21. The lowest BCUT2D eigenvalue weighted by molar-refractivity contribution is 0.404. The quantitative estimate of drug-likeness (QED) is 0.914. The van der Waals surface area contributed by atoms with E-state index in [4.69, 9.17) is 10.5 Å². The maximum absolute atomic E-state index is 6.50. The third-order valence-corrected chi connectivity index (χ3v) is 4.23. The minimum Gasteiger partial charge on any atom is -0.496 e. The van der Waals surface area contributed by atoms with Crippen LogP contribution in [0, 0.1) is 27.7 Å². The zero-order chi connectivity index (χ0) is 14.9. The second-order valence-corrected chi connectivity index (χ2v) is 5.40. The zero-order valence-corrected chi connectivity index (χ0v) is 12.9. The molecule has 0 heterocycles. The van der Waals surface area contributed by atoms with Gasteiger partial charge in [-0.25, -0.2) is 0 Å². The Bertz CT molecular complexity index is 632. The van der Waals surface area contributed by atoms with Crippen molar-refractivity contribution in [3.63, 3.8) is 0 Å². The molecule has 2 rings (SSSR count). The molecule has 0 saturated heterocycles. The van der Waals surface area contributed by atoms with Crippen LogP contribution in [0.3, 0.4) is 0 Å². The highest BCUT2D eigenvalue weighted by Gasteiger charge is 2.18. The molecule has 2 heteroatoms. The summed E-state index contributed by atoms with van der Waals surface area (Å²) in [7, 11) is 1.71. The lowest BCUT2D eigenvalue weighted by atomic mass is 9.91. The highest BCUT2D eigenvalue weighted by atomic mass is 16.5. The van der Waals surface area contributed by atoms with E-state index in [0.717, 1.165) is 22.4 Å². The van der Waals surface area contributed by atoms with E-state index >= 15 is 0 Å². The number of hydrogen-bond acceptors (Lipinski definition) is 2. The van der Waals surface area contributed by atoms with Crippen molar-refractivity contribution >= 4 is 0 Å².